The summed E-state index contributed by atoms with van der Waals surface area (Å²) in [6.45, 7) is 0. The number of carbonyl (C=O) groups is 1. The third-order valence-corrected chi connectivity index (χ3v) is 5.77. The minimum Gasteiger partial charge on any atom is -0.399 e. The lowest BCUT2D eigenvalue weighted by atomic mass is 10.2. The summed E-state index contributed by atoms with van der Waals surface area (Å²) < 4.78 is 27.7. The molecule has 25 heavy (non-hydrogen) atoms. The van der Waals surface area contributed by atoms with Crippen molar-refractivity contribution in [1.82, 2.24) is 4.72 Å². The van der Waals surface area contributed by atoms with Crippen molar-refractivity contribution >= 4 is 27.3 Å². The SMILES string of the molecule is Nc1ccc(NC(=O)c2cccc(S(=O)(=O)NC3CCCC3)c2)cc1. The maximum Gasteiger partial charge on any atom is 0.255 e. The number of anilines is 2. The van der Waals surface area contributed by atoms with Gasteiger partial charge in [0.05, 0.1) is 4.90 Å². The van der Waals surface area contributed by atoms with Gasteiger partial charge in [-0.1, -0.05) is 18.9 Å². The van der Waals surface area contributed by atoms with Crippen LogP contribution in [0.25, 0.3) is 0 Å². The number of benzene rings is 2. The molecule has 0 bridgehead atoms. The molecule has 3 rings (SSSR count). The van der Waals surface area contributed by atoms with Crippen molar-refractivity contribution in [1.29, 1.82) is 0 Å². The van der Waals surface area contributed by atoms with Crippen LogP contribution in [0.15, 0.2) is 53.4 Å². The first-order chi connectivity index (χ1) is 11.9. The Labute approximate surface area is 147 Å². The zero-order valence-electron chi connectivity index (χ0n) is 13.7. The van der Waals surface area contributed by atoms with Crippen LogP contribution in [0, 0.1) is 0 Å². The predicted octanol–water partition coefficient (Wildman–Crippen LogP) is 2.74. The highest BCUT2D eigenvalue weighted by Gasteiger charge is 2.23. The van der Waals surface area contributed by atoms with Crippen LogP contribution in [0.1, 0.15) is 36.0 Å². The van der Waals surface area contributed by atoms with Gasteiger partial charge in [-0.2, -0.15) is 0 Å². The molecule has 7 heteroatoms. The first-order valence-electron chi connectivity index (χ1n) is 8.23. The van der Waals surface area contributed by atoms with Gasteiger partial charge >= 0.3 is 0 Å². The fourth-order valence-electron chi connectivity index (χ4n) is 2.91. The van der Waals surface area contributed by atoms with Gasteiger partial charge in [0.1, 0.15) is 0 Å². The molecule has 1 aliphatic carbocycles. The van der Waals surface area contributed by atoms with Crippen molar-refractivity contribution in [2.75, 3.05) is 11.1 Å². The Morgan fingerprint density at radius 1 is 1.04 bits per heavy atom. The lowest BCUT2D eigenvalue weighted by Crippen LogP contribution is -2.32. The number of sulfonamides is 1. The number of nitrogens with one attached hydrogen (secondary N) is 2. The Kier molecular flexibility index (Phi) is 5.06. The van der Waals surface area contributed by atoms with Gasteiger partial charge < -0.3 is 11.1 Å². The van der Waals surface area contributed by atoms with Crippen LogP contribution in [-0.2, 0) is 10.0 Å². The summed E-state index contributed by atoms with van der Waals surface area (Å²) in [7, 11) is -3.62. The highest BCUT2D eigenvalue weighted by atomic mass is 32.2. The number of hydrogen-bond donors (Lipinski definition) is 3. The van der Waals surface area contributed by atoms with E-state index in [-0.39, 0.29) is 22.4 Å². The first kappa shape index (κ1) is 17.4. The van der Waals surface area contributed by atoms with E-state index in [0.29, 0.717) is 11.4 Å². The number of hydrogen-bond acceptors (Lipinski definition) is 4. The van der Waals surface area contributed by atoms with Gasteiger partial charge in [-0.05, 0) is 55.3 Å². The van der Waals surface area contributed by atoms with Crippen LogP contribution in [0.2, 0.25) is 0 Å². The van der Waals surface area contributed by atoms with E-state index in [1.807, 2.05) is 0 Å². The smallest absolute Gasteiger partial charge is 0.255 e. The Morgan fingerprint density at radius 3 is 2.40 bits per heavy atom. The molecule has 1 saturated carbocycles. The normalized spacial score (nSPS) is 15.2. The van der Waals surface area contributed by atoms with E-state index in [0.717, 1.165) is 25.7 Å². The third-order valence-electron chi connectivity index (χ3n) is 4.25. The minimum atomic E-state index is -3.62. The number of nitrogens with two attached hydrogens (primary N) is 1. The molecule has 1 fully saturated rings. The summed E-state index contributed by atoms with van der Waals surface area (Å²) in [4.78, 5) is 12.5. The summed E-state index contributed by atoms with van der Waals surface area (Å²) in [5.41, 5.74) is 7.10. The quantitative estimate of drug-likeness (QED) is 0.715. The standard InChI is InChI=1S/C18H21N3O3S/c19-14-8-10-15(11-9-14)20-18(22)13-4-3-7-17(12-13)25(23,24)21-16-5-1-2-6-16/h3-4,7-12,16,21H,1-2,5-6,19H2,(H,20,22). The number of nitrogen functional groups attached to an aromatic ring is 1. The van der Waals surface area contributed by atoms with Gasteiger partial charge in [0.25, 0.3) is 5.91 Å². The van der Waals surface area contributed by atoms with Gasteiger partial charge in [-0.15, -0.1) is 0 Å². The highest BCUT2D eigenvalue weighted by molar-refractivity contribution is 7.89. The largest absolute Gasteiger partial charge is 0.399 e. The van der Waals surface area contributed by atoms with E-state index in [9.17, 15) is 13.2 Å². The van der Waals surface area contributed by atoms with Gasteiger partial charge in [0.15, 0.2) is 0 Å². The fourth-order valence-corrected chi connectivity index (χ4v) is 4.26. The van der Waals surface area contributed by atoms with Crippen LogP contribution in [0.3, 0.4) is 0 Å². The van der Waals surface area contributed by atoms with Crippen molar-refractivity contribution in [3.05, 3.63) is 54.1 Å². The summed E-state index contributed by atoms with van der Waals surface area (Å²) >= 11 is 0. The third kappa shape index (κ3) is 4.37. The lowest BCUT2D eigenvalue weighted by Gasteiger charge is -2.13. The molecule has 0 aromatic heterocycles. The second-order valence-corrected chi connectivity index (χ2v) is 7.92. The van der Waals surface area contributed by atoms with E-state index < -0.39 is 10.0 Å². The summed E-state index contributed by atoms with van der Waals surface area (Å²) in [5.74, 6) is -0.373. The van der Waals surface area contributed by atoms with Crippen LogP contribution < -0.4 is 15.8 Å². The van der Waals surface area contributed by atoms with Crippen LogP contribution in [0.4, 0.5) is 11.4 Å². The second kappa shape index (κ2) is 7.25. The lowest BCUT2D eigenvalue weighted by molar-refractivity contribution is 0.102. The zero-order chi connectivity index (χ0) is 17.9. The van der Waals surface area contributed by atoms with E-state index in [4.69, 9.17) is 5.73 Å². The Balaban J connectivity index is 1.76. The molecule has 2 aromatic carbocycles. The van der Waals surface area contributed by atoms with Crippen molar-refractivity contribution in [2.24, 2.45) is 0 Å². The Hall–Kier alpha value is -2.38. The topological polar surface area (TPSA) is 101 Å². The van der Waals surface area contributed by atoms with Crippen molar-refractivity contribution in [3.8, 4) is 0 Å². The van der Waals surface area contributed by atoms with Crippen molar-refractivity contribution < 1.29 is 13.2 Å². The van der Waals surface area contributed by atoms with Crippen LogP contribution >= 0.6 is 0 Å². The molecule has 0 spiro atoms. The minimum absolute atomic E-state index is 0.0164. The molecular weight excluding hydrogens is 338 g/mol. The van der Waals surface area contributed by atoms with E-state index in [2.05, 4.69) is 10.0 Å². The molecular formula is C18H21N3O3S. The van der Waals surface area contributed by atoms with Gasteiger partial charge in [0.2, 0.25) is 10.0 Å². The fraction of sp³-hybridized carbons (Fsp3) is 0.278. The molecule has 4 N–H and O–H groups in total. The second-order valence-electron chi connectivity index (χ2n) is 6.21. The summed E-state index contributed by atoms with van der Waals surface area (Å²) in [5, 5.41) is 2.73. The molecule has 6 nitrogen and oxygen atoms in total. The molecule has 1 aliphatic rings. The highest BCUT2D eigenvalue weighted by Crippen LogP contribution is 2.21. The average Bonchev–Trinajstić information content (AvgIpc) is 3.09. The number of carbonyl (C=O) groups excluding carboxylic acids is 1. The number of amides is 1. The molecule has 0 saturated heterocycles. The predicted molar refractivity (Wildman–Crippen MR) is 97.8 cm³/mol. The van der Waals surface area contributed by atoms with Gasteiger partial charge in [-0.25, -0.2) is 13.1 Å². The summed E-state index contributed by atoms with van der Waals surface area (Å²) in [6.07, 6.45) is 3.79. The molecule has 0 heterocycles. The molecule has 0 atom stereocenters. The molecule has 0 aliphatic heterocycles. The van der Waals surface area contributed by atoms with Crippen molar-refractivity contribution in [3.63, 3.8) is 0 Å². The van der Waals surface area contributed by atoms with E-state index in [1.54, 1.807) is 36.4 Å². The molecule has 132 valence electrons. The van der Waals surface area contributed by atoms with Crippen LogP contribution in [0.5, 0.6) is 0 Å². The van der Waals surface area contributed by atoms with Gasteiger partial charge in [-0.3, -0.25) is 4.79 Å². The average molecular weight is 359 g/mol. The maximum absolute atomic E-state index is 12.5. The van der Waals surface area contributed by atoms with E-state index >= 15 is 0 Å². The van der Waals surface area contributed by atoms with E-state index in [1.165, 1.54) is 12.1 Å². The van der Waals surface area contributed by atoms with Crippen LogP contribution in [-0.4, -0.2) is 20.4 Å². The zero-order valence-corrected chi connectivity index (χ0v) is 14.6. The monoisotopic (exact) mass is 359 g/mol. The number of rotatable bonds is 5. The molecule has 1 amide bonds. The summed E-state index contributed by atoms with van der Waals surface area (Å²) in [6, 6.07) is 12.8. The Morgan fingerprint density at radius 2 is 1.72 bits per heavy atom. The maximum atomic E-state index is 12.5. The molecule has 2 aromatic rings. The van der Waals surface area contributed by atoms with Crippen molar-refractivity contribution in [2.45, 2.75) is 36.6 Å². The Bertz CT molecular complexity index is 857. The molecule has 0 radical (unpaired) electrons. The van der Waals surface area contributed by atoms with Gasteiger partial charge in [0, 0.05) is 23.0 Å². The first-order valence-corrected chi connectivity index (χ1v) is 9.72. The molecule has 0 unspecified atom stereocenters.